The van der Waals surface area contributed by atoms with Crippen molar-refractivity contribution in [2.75, 3.05) is 12.3 Å². The zero-order valence-corrected chi connectivity index (χ0v) is 11.1. The van der Waals surface area contributed by atoms with Crippen molar-refractivity contribution < 1.29 is 21.6 Å². The van der Waals surface area contributed by atoms with Gasteiger partial charge in [0, 0.05) is 18.5 Å². The molecule has 0 aliphatic carbocycles. The fraction of sp³-hybridized carbons (Fsp3) is 1.00. The minimum absolute atomic E-state index is 0.169. The van der Waals surface area contributed by atoms with Crippen LogP contribution in [0.25, 0.3) is 0 Å². The molecule has 0 aromatic rings. The Balaban J connectivity index is 2.35. The van der Waals surface area contributed by atoms with Crippen molar-refractivity contribution in [2.24, 2.45) is 0 Å². The number of hydrogen-bond acceptors (Lipinski definition) is 3. The van der Waals surface area contributed by atoms with Crippen LogP contribution in [0.15, 0.2) is 0 Å². The molecule has 0 saturated carbocycles. The summed E-state index contributed by atoms with van der Waals surface area (Å²) in [6.45, 7) is 2.67. The monoisotopic (exact) mass is 288 g/mol. The van der Waals surface area contributed by atoms with Gasteiger partial charge in [-0.25, -0.2) is 13.1 Å². The molecular formula is C10H19F3N2O2S. The highest BCUT2D eigenvalue weighted by Gasteiger charge is 2.28. The second kappa shape index (κ2) is 6.21. The van der Waals surface area contributed by atoms with Crippen LogP contribution in [0.3, 0.4) is 0 Å². The SMILES string of the molecule is C[C@@H]1C[C@@H](NS(=O)(=O)CCCC(F)(F)F)CCN1. The predicted octanol–water partition coefficient (Wildman–Crippen LogP) is 1.39. The lowest BCUT2D eigenvalue weighted by Crippen LogP contribution is -2.47. The summed E-state index contributed by atoms with van der Waals surface area (Å²) >= 11 is 0. The van der Waals surface area contributed by atoms with E-state index in [1.807, 2.05) is 6.92 Å². The molecule has 1 aliphatic heterocycles. The number of hydrogen-bond donors (Lipinski definition) is 2. The van der Waals surface area contributed by atoms with E-state index in [1.54, 1.807) is 0 Å². The van der Waals surface area contributed by atoms with Gasteiger partial charge in [0.25, 0.3) is 0 Å². The van der Waals surface area contributed by atoms with Crippen molar-refractivity contribution in [1.82, 2.24) is 10.0 Å². The average Bonchev–Trinajstić information content (AvgIpc) is 2.13. The number of nitrogens with one attached hydrogen (secondary N) is 2. The standard InChI is InChI=1S/C10H19F3N2O2S/c1-8-7-9(3-5-14-8)15-18(16,17)6-2-4-10(11,12)13/h8-9,14-15H,2-7H2,1H3/t8-,9+/m1/s1. The van der Waals surface area contributed by atoms with Crippen LogP contribution in [0.4, 0.5) is 13.2 Å². The van der Waals surface area contributed by atoms with Gasteiger partial charge in [-0.05, 0) is 32.7 Å². The molecule has 2 atom stereocenters. The Kier molecular flexibility index (Phi) is 5.42. The van der Waals surface area contributed by atoms with E-state index >= 15 is 0 Å². The van der Waals surface area contributed by atoms with Crippen LogP contribution >= 0.6 is 0 Å². The molecule has 8 heteroatoms. The molecule has 0 aromatic carbocycles. The second-order valence-electron chi connectivity index (χ2n) is 4.73. The largest absolute Gasteiger partial charge is 0.389 e. The predicted molar refractivity (Wildman–Crippen MR) is 62.7 cm³/mol. The Bertz CT molecular complexity index is 357. The first kappa shape index (κ1) is 15.7. The smallest absolute Gasteiger partial charge is 0.314 e. The van der Waals surface area contributed by atoms with E-state index in [4.69, 9.17) is 0 Å². The minimum atomic E-state index is -4.29. The summed E-state index contributed by atoms with van der Waals surface area (Å²) in [4.78, 5) is 0. The topological polar surface area (TPSA) is 58.2 Å². The highest BCUT2D eigenvalue weighted by molar-refractivity contribution is 7.89. The summed E-state index contributed by atoms with van der Waals surface area (Å²) in [6, 6.07) is 0.0544. The maximum Gasteiger partial charge on any atom is 0.389 e. The molecule has 1 fully saturated rings. The van der Waals surface area contributed by atoms with Crippen molar-refractivity contribution in [1.29, 1.82) is 0 Å². The van der Waals surface area contributed by atoms with Crippen LogP contribution < -0.4 is 10.0 Å². The normalized spacial score (nSPS) is 26.2. The van der Waals surface area contributed by atoms with E-state index in [0.717, 1.165) is 6.54 Å². The van der Waals surface area contributed by atoms with Crippen LogP contribution in [0.1, 0.15) is 32.6 Å². The maximum atomic E-state index is 11.9. The van der Waals surface area contributed by atoms with Crippen molar-refractivity contribution in [3.8, 4) is 0 Å². The molecule has 18 heavy (non-hydrogen) atoms. The molecule has 0 bridgehead atoms. The van der Waals surface area contributed by atoms with Crippen LogP contribution in [-0.4, -0.2) is 39.0 Å². The van der Waals surface area contributed by atoms with Crippen molar-refractivity contribution in [3.05, 3.63) is 0 Å². The van der Waals surface area contributed by atoms with Crippen molar-refractivity contribution in [2.45, 2.75) is 50.9 Å². The van der Waals surface area contributed by atoms with Gasteiger partial charge < -0.3 is 5.32 Å². The summed E-state index contributed by atoms with van der Waals surface area (Å²) in [6.07, 6.45) is -4.41. The van der Waals surface area contributed by atoms with E-state index in [0.29, 0.717) is 12.8 Å². The van der Waals surface area contributed by atoms with Crippen LogP contribution in [0.5, 0.6) is 0 Å². The zero-order chi connectivity index (χ0) is 13.8. The molecule has 4 nitrogen and oxygen atoms in total. The minimum Gasteiger partial charge on any atom is -0.314 e. The molecule has 1 rings (SSSR count). The molecule has 0 aromatic heterocycles. The van der Waals surface area contributed by atoms with Gasteiger partial charge in [0.15, 0.2) is 0 Å². The molecule has 108 valence electrons. The second-order valence-corrected chi connectivity index (χ2v) is 6.61. The number of piperidine rings is 1. The fourth-order valence-corrected chi connectivity index (χ4v) is 3.38. The van der Waals surface area contributed by atoms with Crippen LogP contribution in [-0.2, 0) is 10.0 Å². The number of alkyl halides is 3. The van der Waals surface area contributed by atoms with Gasteiger partial charge in [-0.2, -0.15) is 13.2 Å². The van der Waals surface area contributed by atoms with E-state index in [9.17, 15) is 21.6 Å². The van der Waals surface area contributed by atoms with E-state index in [1.165, 1.54) is 0 Å². The van der Waals surface area contributed by atoms with Gasteiger partial charge in [-0.3, -0.25) is 0 Å². The molecule has 0 unspecified atom stereocenters. The highest BCUT2D eigenvalue weighted by Crippen LogP contribution is 2.21. The van der Waals surface area contributed by atoms with E-state index in [-0.39, 0.29) is 18.5 Å². The molecule has 0 amide bonds. The molecule has 2 N–H and O–H groups in total. The molecular weight excluding hydrogens is 269 g/mol. The van der Waals surface area contributed by atoms with E-state index < -0.39 is 28.4 Å². The zero-order valence-electron chi connectivity index (χ0n) is 10.3. The van der Waals surface area contributed by atoms with Gasteiger partial charge >= 0.3 is 6.18 Å². The summed E-state index contributed by atoms with van der Waals surface area (Å²) in [7, 11) is -3.60. The van der Waals surface area contributed by atoms with Gasteiger partial charge in [0.1, 0.15) is 0 Å². The lowest BCUT2D eigenvalue weighted by atomic mass is 10.0. The van der Waals surface area contributed by atoms with Gasteiger partial charge in [-0.15, -0.1) is 0 Å². The highest BCUT2D eigenvalue weighted by atomic mass is 32.2. The maximum absolute atomic E-state index is 11.9. The molecule has 0 radical (unpaired) electrons. The van der Waals surface area contributed by atoms with Crippen molar-refractivity contribution >= 4 is 10.0 Å². The summed E-state index contributed by atoms with van der Waals surface area (Å²) in [5, 5.41) is 3.18. The Hall–Kier alpha value is -0.340. The first-order valence-electron chi connectivity index (χ1n) is 5.98. The molecule has 1 heterocycles. The Morgan fingerprint density at radius 2 is 2.06 bits per heavy atom. The number of halogens is 3. The van der Waals surface area contributed by atoms with Crippen molar-refractivity contribution in [3.63, 3.8) is 0 Å². The van der Waals surface area contributed by atoms with Gasteiger partial charge in [0.05, 0.1) is 5.75 Å². The summed E-state index contributed by atoms with van der Waals surface area (Å²) in [5.74, 6) is -0.467. The first-order chi connectivity index (χ1) is 8.18. The lowest BCUT2D eigenvalue weighted by molar-refractivity contribution is -0.134. The Morgan fingerprint density at radius 1 is 1.39 bits per heavy atom. The first-order valence-corrected chi connectivity index (χ1v) is 7.63. The fourth-order valence-electron chi connectivity index (χ4n) is 2.01. The molecule has 0 spiro atoms. The Morgan fingerprint density at radius 3 is 2.61 bits per heavy atom. The molecule has 1 aliphatic rings. The molecule has 1 saturated heterocycles. The van der Waals surface area contributed by atoms with Crippen LogP contribution in [0, 0.1) is 0 Å². The quantitative estimate of drug-likeness (QED) is 0.804. The Labute approximate surface area is 105 Å². The summed E-state index contributed by atoms with van der Waals surface area (Å²) in [5.41, 5.74) is 0. The lowest BCUT2D eigenvalue weighted by Gasteiger charge is -2.28. The van der Waals surface area contributed by atoms with Gasteiger partial charge in [-0.1, -0.05) is 0 Å². The number of rotatable bonds is 5. The third kappa shape index (κ3) is 6.55. The van der Waals surface area contributed by atoms with Gasteiger partial charge in [0.2, 0.25) is 10.0 Å². The third-order valence-electron chi connectivity index (χ3n) is 2.84. The third-order valence-corrected chi connectivity index (χ3v) is 4.36. The van der Waals surface area contributed by atoms with Crippen LogP contribution in [0.2, 0.25) is 0 Å². The number of sulfonamides is 1. The van der Waals surface area contributed by atoms with E-state index in [2.05, 4.69) is 10.0 Å². The summed E-state index contributed by atoms with van der Waals surface area (Å²) < 4.78 is 61.4. The average molecular weight is 288 g/mol.